The summed E-state index contributed by atoms with van der Waals surface area (Å²) in [5.41, 5.74) is 2.66. The van der Waals surface area contributed by atoms with E-state index in [0.717, 1.165) is 11.1 Å². The van der Waals surface area contributed by atoms with Gasteiger partial charge >= 0.3 is 5.97 Å². The minimum atomic E-state index is -0.833. The quantitative estimate of drug-likeness (QED) is 0.166. The maximum atomic E-state index is 14.1. The van der Waals surface area contributed by atoms with E-state index >= 15 is 0 Å². The van der Waals surface area contributed by atoms with Gasteiger partial charge in [-0.15, -0.1) is 0 Å². The molecule has 0 radical (unpaired) electrons. The van der Waals surface area contributed by atoms with E-state index < -0.39 is 12.0 Å². The van der Waals surface area contributed by atoms with Crippen LogP contribution in [0.15, 0.2) is 78.5 Å². The van der Waals surface area contributed by atoms with Gasteiger partial charge in [-0.1, -0.05) is 62.6 Å². The smallest absolute Gasteiger partial charge is 0.338 e. The molecule has 0 spiro atoms. The van der Waals surface area contributed by atoms with Crippen molar-refractivity contribution in [2.75, 3.05) is 20.8 Å². The first-order valence-electron chi connectivity index (χ1n) is 13.5. The molecule has 0 unspecified atom stereocenters. The van der Waals surface area contributed by atoms with Crippen LogP contribution in [0.3, 0.4) is 0 Å². The van der Waals surface area contributed by atoms with Gasteiger partial charge in [-0.3, -0.25) is 9.36 Å². The fourth-order valence-electron chi connectivity index (χ4n) is 4.83. The summed E-state index contributed by atoms with van der Waals surface area (Å²) in [6, 6.07) is 13.5. The second-order valence-electron chi connectivity index (χ2n) is 9.76. The van der Waals surface area contributed by atoms with Crippen LogP contribution >= 0.6 is 66.4 Å². The first kappa shape index (κ1) is 33.3. The first-order valence-corrected chi connectivity index (χ1v) is 16.7. The Morgan fingerprint density at radius 3 is 2.40 bits per heavy atom. The van der Waals surface area contributed by atoms with Crippen molar-refractivity contribution in [3.8, 4) is 17.2 Å². The molecule has 4 aromatic rings. The molecular formula is C32H26Br2Cl2N2O6S. The molecule has 2 heterocycles. The molecule has 0 aliphatic carbocycles. The lowest BCUT2D eigenvalue weighted by Crippen LogP contribution is -2.40. The van der Waals surface area contributed by atoms with Crippen LogP contribution in [0.2, 0.25) is 10.0 Å². The molecule has 5 rings (SSSR count). The van der Waals surface area contributed by atoms with Gasteiger partial charge in [0.15, 0.2) is 16.3 Å². The summed E-state index contributed by atoms with van der Waals surface area (Å²) < 4.78 is 25.7. The Labute approximate surface area is 289 Å². The summed E-state index contributed by atoms with van der Waals surface area (Å²) >= 11 is 20.6. The molecule has 0 saturated carbocycles. The highest BCUT2D eigenvalue weighted by Crippen LogP contribution is 2.41. The Morgan fingerprint density at radius 1 is 1.00 bits per heavy atom. The second-order valence-corrected chi connectivity index (χ2v) is 13.3. The number of esters is 1. The summed E-state index contributed by atoms with van der Waals surface area (Å²) in [5.74, 6) is 1.00. The SMILES string of the molecule is CCOC(=O)C1=C(C)N=c2s/c(=C\c3ccc(OCc4ccc(Cl)c(Cl)c4)c(Br)c3)c(=O)n2[C@@H]1c1cc(OC)c(OC)cc1Br. The molecule has 8 nitrogen and oxygen atoms in total. The Hall–Kier alpha value is -3.09. The van der Waals surface area contributed by atoms with Gasteiger partial charge in [-0.05, 0) is 88.9 Å². The van der Waals surface area contributed by atoms with Crippen molar-refractivity contribution in [1.29, 1.82) is 0 Å². The largest absolute Gasteiger partial charge is 0.493 e. The van der Waals surface area contributed by atoms with E-state index in [9.17, 15) is 9.59 Å². The number of benzene rings is 3. The van der Waals surface area contributed by atoms with Crippen molar-refractivity contribution in [3.05, 3.63) is 115 Å². The van der Waals surface area contributed by atoms with E-state index in [0.29, 0.717) is 63.4 Å². The van der Waals surface area contributed by atoms with Crippen molar-refractivity contribution in [1.82, 2.24) is 4.57 Å². The first-order chi connectivity index (χ1) is 21.6. The molecule has 0 fully saturated rings. The zero-order valence-electron chi connectivity index (χ0n) is 24.5. The molecular weight excluding hydrogens is 771 g/mol. The van der Waals surface area contributed by atoms with Gasteiger partial charge in [0.05, 0.1) is 57.2 Å². The molecule has 1 atom stereocenters. The highest BCUT2D eigenvalue weighted by molar-refractivity contribution is 9.10. The number of halogens is 4. The van der Waals surface area contributed by atoms with Gasteiger partial charge < -0.3 is 18.9 Å². The van der Waals surface area contributed by atoms with Gasteiger partial charge in [-0.25, -0.2) is 9.79 Å². The fourth-order valence-corrected chi connectivity index (χ4v) is 7.25. The minimum absolute atomic E-state index is 0.169. The third-order valence-electron chi connectivity index (χ3n) is 6.95. The number of thiazole rings is 1. The molecule has 0 amide bonds. The van der Waals surface area contributed by atoms with E-state index in [1.165, 1.54) is 30.1 Å². The third kappa shape index (κ3) is 6.88. The molecule has 13 heteroatoms. The number of hydrogen-bond donors (Lipinski definition) is 0. The normalized spacial score (nSPS) is 14.6. The third-order valence-corrected chi connectivity index (χ3v) is 9.97. The number of fused-ring (bicyclic) bond motifs is 1. The maximum Gasteiger partial charge on any atom is 0.338 e. The van der Waals surface area contributed by atoms with Crippen LogP contribution in [-0.4, -0.2) is 31.4 Å². The molecule has 1 aromatic heterocycles. The van der Waals surface area contributed by atoms with E-state index in [1.807, 2.05) is 24.3 Å². The van der Waals surface area contributed by atoms with Gasteiger partial charge in [0.25, 0.3) is 5.56 Å². The molecule has 45 heavy (non-hydrogen) atoms. The topological polar surface area (TPSA) is 88.4 Å². The number of carbonyl (C=O) groups excluding carboxylic acids is 1. The van der Waals surface area contributed by atoms with Crippen LogP contribution in [0, 0.1) is 0 Å². The van der Waals surface area contributed by atoms with Crippen molar-refractivity contribution in [2.24, 2.45) is 4.99 Å². The van der Waals surface area contributed by atoms with Crippen LogP contribution in [-0.2, 0) is 16.1 Å². The molecule has 0 N–H and O–H groups in total. The molecule has 1 aliphatic heterocycles. The van der Waals surface area contributed by atoms with Crippen LogP contribution in [0.1, 0.15) is 36.6 Å². The lowest BCUT2D eigenvalue weighted by molar-refractivity contribution is -0.139. The monoisotopic (exact) mass is 794 g/mol. The fraction of sp³-hybridized carbons (Fsp3) is 0.219. The number of rotatable bonds is 9. The summed E-state index contributed by atoms with van der Waals surface area (Å²) in [6.07, 6.45) is 1.78. The molecule has 234 valence electrons. The van der Waals surface area contributed by atoms with E-state index in [4.69, 9.17) is 42.1 Å². The average molecular weight is 797 g/mol. The van der Waals surface area contributed by atoms with Crippen molar-refractivity contribution in [3.63, 3.8) is 0 Å². The van der Waals surface area contributed by atoms with Gasteiger partial charge in [0, 0.05) is 4.47 Å². The van der Waals surface area contributed by atoms with Crippen LogP contribution < -0.4 is 29.1 Å². The molecule has 0 bridgehead atoms. The lowest BCUT2D eigenvalue weighted by Gasteiger charge is -2.26. The number of carbonyl (C=O) groups is 1. The molecule has 3 aromatic carbocycles. The minimum Gasteiger partial charge on any atom is -0.493 e. The van der Waals surface area contributed by atoms with Crippen LogP contribution in [0.5, 0.6) is 17.2 Å². The Balaban J connectivity index is 1.56. The highest BCUT2D eigenvalue weighted by atomic mass is 79.9. The zero-order chi connectivity index (χ0) is 32.4. The summed E-state index contributed by atoms with van der Waals surface area (Å²) in [4.78, 5) is 32.5. The molecule has 1 aliphatic rings. The predicted molar refractivity (Wildman–Crippen MR) is 183 cm³/mol. The number of hydrogen-bond acceptors (Lipinski definition) is 8. The predicted octanol–water partition coefficient (Wildman–Crippen LogP) is 7.23. The number of nitrogens with zero attached hydrogens (tertiary/aromatic N) is 2. The number of ether oxygens (including phenoxy) is 4. The average Bonchev–Trinajstić information content (AvgIpc) is 3.31. The van der Waals surface area contributed by atoms with E-state index in [-0.39, 0.29) is 17.7 Å². The van der Waals surface area contributed by atoms with Crippen molar-refractivity contribution >= 4 is 78.4 Å². The second kappa shape index (κ2) is 14.1. The Morgan fingerprint density at radius 2 is 1.73 bits per heavy atom. The number of methoxy groups -OCH3 is 2. The number of aromatic nitrogens is 1. The van der Waals surface area contributed by atoms with Crippen molar-refractivity contribution in [2.45, 2.75) is 26.5 Å². The highest BCUT2D eigenvalue weighted by Gasteiger charge is 2.35. The summed E-state index contributed by atoms with van der Waals surface area (Å²) in [7, 11) is 3.06. The van der Waals surface area contributed by atoms with E-state index in [2.05, 4.69) is 36.9 Å². The van der Waals surface area contributed by atoms with Crippen LogP contribution in [0.25, 0.3) is 6.08 Å². The van der Waals surface area contributed by atoms with Gasteiger partial charge in [-0.2, -0.15) is 0 Å². The van der Waals surface area contributed by atoms with Gasteiger partial charge in [0.1, 0.15) is 12.4 Å². The number of allylic oxidation sites excluding steroid dienone is 1. The Kier molecular flexibility index (Phi) is 10.4. The molecule has 0 saturated heterocycles. The van der Waals surface area contributed by atoms with Crippen LogP contribution in [0.4, 0.5) is 0 Å². The van der Waals surface area contributed by atoms with Crippen molar-refractivity contribution < 1.29 is 23.7 Å². The summed E-state index contributed by atoms with van der Waals surface area (Å²) in [5, 5.41) is 0.935. The van der Waals surface area contributed by atoms with Gasteiger partial charge in [0.2, 0.25) is 0 Å². The standard InChI is InChI=1S/C32H26Br2Cl2N2O6S/c1-5-43-31(40)28-16(2)37-32-38(29(28)19-13-25(41-3)26(42-4)14-20(19)33)30(39)27(45-32)12-17-7-9-24(21(34)10-17)44-15-18-6-8-22(35)23(36)11-18/h6-14,29H,5,15H2,1-4H3/b27-12-/t29-/m1/s1. The zero-order valence-corrected chi connectivity index (χ0v) is 30.0. The maximum absolute atomic E-state index is 14.1. The summed E-state index contributed by atoms with van der Waals surface area (Å²) in [6.45, 7) is 3.92. The lowest BCUT2D eigenvalue weighted by atomic mass is 9.95. The Bertz CT molecular complexity index is 2020. The van der Waals surface area contributed by atoms with E-state index in [1.54, 1.807) is 44.2 Å².